The summed E-state index contributed by atoms with van der Waals surface area (Å²) in [4.78, 5) is 31.6. The van der Waals surface area contributed by atoms with Gasteiger partial charge >= 0.3 is 0 Å². The highest BCUT2D eigenvalue weighted by Gasteiger charge is 2.42. The van der Waals surface area contributed by atoms with Gasteiger partial charge in [0.15, 0.2) is 5.78 Å². The fraction of sp³-hybridized carbons (Fsp3) is 0.286. The first-order valence-electron chi connectivity index (χ1n) is 11.8. The van der Waals surface area contributed by atoms with E-state index < -0.39 is 5.92 Å². The first kappa shape index (κ1) is 22.8. The molecule has 2 aromatic heterocycles. The molecule has 178 valence electrons. The van der Waals surface area contributed by atoms with E-state index in [1.54, 1.807) is 16.9 Å². The number of benzene rings is 1. The number of anilines is 1. The lowest BCUT2D eigenvalue weighted by atomic mass is 9.71. The molecule has 0 spiro atoms. The van der Waals surface area contributed by atoms with Crippen LogP contribution in [0.2, 0.25) is 0 Å². The molecule has 7 nitrogen and oxygen atoms in total. The molecule has 1 aliphatic carbocycles. The second-order valence-electron chi connectivity index (χ2n) is 9.45. The Kier molecular flexibility index (Phi) is 5.84. The molecule has 35 heavy (non-hydrogen) atoms. The minimum atomic E-state index is -0.491. The van der Waals surface area contributed by atoms with E-state index in [2.05, 4.69) is 32.8 Å². The topological polar surface area (TPSA) is 88.9 Å². The Morgan fingerprint density at radius 2 is 1.86 bits per heavy atom. The second kappa shape index (κ2) is 8.98. The quantitative estimate of drug-likeness (QED) is 0.593. The van der Waals surface area contributed by atoms with E-state index in [0.29, 0.717) is 29.8 Å². The molecule has 0 fully saturated rings. The average Bonchev–Trinajstić information content (AvgIpc) is 3.17. The van der Waals surface area contributed by atoms with Gasteiger partial charge in [0.25, 0.3) is 5.91 Å². The Balaban J connectivity index is 1.57. The number of nitrogens with zero attached hydrogens (tertiary/aromatic N) is 3. The predicted molar refractivity (Wildman–Crippen MR) is 135 cm³/mol. The molecule has 1 aromatic carbocycles. The van der Waals surface area contributed by atoms with Gasteiger partial charge in [0, 0.05) is 59.9 Å². The summed E-state index contributed by atoms with van der Waals surface area (Å²) < 4.78 is 1.74. The van der Waals surface area contributed by atoms with Crippen LogP contribution in [-0.4, -0.2) is 26.5 Å². The molecular formula is C28H29N5O2. The molecule has 2 N–H and O–H groups in total. The maximum absolute atomic E-state index is 13.7. The monoisotopic (exact) mass is 467 g/mol. The number of amides is 1. The molecule has 3 aromatic rings. The normalized spacial score (nSPS) is 19.9. The summed E-state index contributed by atoms with van der Waals surface area (Å²) in [5, 5.41) is 10.9. The molecular weight excluding hydrogens is 438 g/mol. The van der Waals surface area contributed by atoms with Crippen molar-refractivity contribution in [1.29, 1.82) is 0 Å². The van der Waals surface area contributed by atoms with Gasteiger partial charge in [-0.1, -0.05) is 36.4 Å². The Morgan fingerprint density at radius 1 is 1.09 bits per heavy atom. The SMILES string of the molecule is CC1=C(C(=O)Nc2ccc(C)cn2)C(c2cn(C)nc2C)C2=C(CC(c3ccccc3)CC2=O)N1. The number of nitrogens with one attached hydrogen (secondary N) is 2. The highest BCUT2D eigenvalue weighted by molar-refractivity contribution is 6.09. The number of carbonyl (C=O) groups is 2. The van der Waals surface area contributed by atoms with E-state index in [1.165, 1.54) is 0 Å². The van der Waals surface area contributed by atoms with Crippen molar-refractivity contribution in [3.05, 3.63) is 99.8 Å². The number of hydrogen-bond acceptors (Lipinski definition) is 5. The van der Waals surface area contributed by atoms with Crippen LogP contribution >= 0.6 is 0 Å². The molecule has 0 radical (unpaired) electrons. The van der Waals surface area contributed by atoms with Crippen LogP contribution in [0.4, 0.5) is 5.82 Å². The van der Waals surface area contributed by atoms with Crippen LogP contribution in [0.15, 0.2) is 77.4 Å². The Bertz CT molecular complexity index is 1370. The van der Waals surface area contributed by atoms with Gasteiger partial charge < -0.3 is 10.6 Å². The fourth-order valence-corrected chi connectivity index (χ4v) is 5.24. The number of aryl methyl sites for hydroxylation is 3. The van der Waals surface area contributed by atoms with Crippen molar-refractivity contribution in [2.75, 3.05) is 5.32 Å². The summed E-state index contributed by atoms with van der Waals surface area (Å²) in [7, 11) is 1.85. The van der Waals surface area contributed by atoms with Crippen LogP contribution in [0.3, 0.4) is 0 Å². The van der Waals surface area contributed by atoms with Crippen LogP contribution < -0.4 is 10.6 Å². The van der Waals surface area contributed by atoms with E-state index in [1.807, 2.05) is 58.3 Å². The number of carbonyl (C=O) groups excluding carboxylic acids is 2. The molecule has 0 bridgehead atoms. The van der Waals surface area contributed by atoms with Gasteiger partial charge in [0.2, 0.25) is 0 Å². The third kappa shape index (κ3) is 4.30. The number of dihydropyridines is 1. The minimum absolute atomic E-state index is 0.0621. The number of Topliss-reactive ketones (excluding diaryl/α,β-unsaturated/α-hetero) is 1. The first-order valence-corrected chi connectivity index (χ1v) is 11.8. The zero-order valence-corrected chi connectivity index (χ0v) is 20.4. The Morgan fingerprint density at radius 3 is 2.51 bits per heavy atom. The zero-order chi connectivity index (χ0) is 24.7. The molecule has 5 rings (SSSR count). The summed E-state index contributed by atoms with van der Waals surface area (Å²) >= 11 is 0. The molecule has 2 unspecified atom stereocenters. The Hall–Kier alpha value is -4.00. The van der Waals surface area contributed by atoms with E-state index in [9.17, 15) is 9.59 Å². The lowest BCUT2D eigenvalue weighted by Crippen LogP contribution is -2.37. The van der Waals surface area contributed by atoms with Gasteiger partial charge in [-0.15, -0.1) is 0 Å². The molecule has 0 saturated heterocycles. The van der Waals surface area contributed by atoms with Gasteiger partial charge in [0.1, 0.15) is 5.82 Å². The number of hydrogen-bond donors (Lipinski definition) is 2. The highest BCUT2D eigenvalue weighted by Crippen LogP contribution is 2.46. The van der Waals surface area contributed by atoms with E-state index >= 15 is 0 Å². The van der Waals surface area contributed by atoms with Gasteiger partial charge in [0.05, 0.1) is 5.69 Å². The molecule has 2 aliphatic rings. The summed E-state index contributed by atoms with van der Waals surface area (Å²) in [6, 6.07) is 13.8. The van der Waals surface area contributed by atoms with Crippen LogP contribution in [0.1, 0.15) is 54.0 Å². The molecule has 3 heterocycles. The largest absolute Gasteiger partial charge is 0.362 e. The van der Waals surface area contributed by atoms with Crippen molar-refractivity contribution in [3.63, 3.8) is 0 Å². The number of allylic oxidation sites excluding steroid dienone is 3. The molecule has 2 atom stereocenters. The average molecular weight is 468 g/mol. The lowest BCUT2D eigenvalue weighted by molar-refractivity contribution is -0.116. The molecule has 1 amide bonds. The van der Waals surface area contributed by atoms with E-state index in [0.717, 1.165) is 33.8 Å². The molecule has 1 aliphatic heterocycles. The Labute approximate surface area is 205 Å². The summed E-state index contributed by atoms with van der Waals surface area (Å²) in [5.41, 5.74) is 6.66. The van der Waals surface area contributed by atoms with Crippen molar-refractivity contribution < 1.29 is 9.59 Å². The van der Waals surface area contributed by atoms with Crippen molar-refractivity contribution in [3.8, 4) is 0 Å². The van der Waals surface area contributed by atoms with Crippen molar-refractivity contribution in [1.82, 2.24) is 20.1 Å². The summed E-state index contributed by atoms with van der Waals surface area (Å²) in [6.07, 6.45) is 4.76. The van der Waals surface area contributed by atoms with Crippen LogP contribution in [0, 0.1) is 13.8 Å². The maximum Gasteiger partial charge on any atom is 0.255 e. The zero-order valence-electron chi connectivity index (χ0n) is 20.4. The maximum atomic E-state index is 13.7. The third-order valence-corrected chi connectivity index (χ3v) is 6.86. The lowest BCUT2D eigenvalue weighted by Gasteiger charge is -2.36. The molecule has 7 heteroatoms. The molecule has 0 saturated carbocycles. The van der Waals surface area contributed by atoms with Crippen LogP contribution in [0.25, 0.3) is 0 Å². The van der Waals surface area contributed by atoms with Gasteiger partial charge in [-0.25, -0.2) is 4.98 Å². The highest BCUT2D eigenvalue weighted by atomic mass is 16.2. The standard InChI is InChI=1S/C28H29N5O2/c1-16-10-11-24(29-14-16)31-28(35)25-18(3)30-22-12-20(19-8-6-5-7-9-19)13-23(34)27(22)26(25)21-15-33(4)32-17(21)2/h5-11,14-15,20,26,30H,12-13H2,1-4H3,(H,29,31,35). The van der Waals surface area contributed by atoms with Crippen LogP contribution in [0.5, 0.6) is 0 Å². The summed E-state index contributed by atoms with van der Waals surface area (Å²) in [6.45, 7) is 5.77. The third-order valence-electron chi connectivity index (χ3n) is 6.86. The number of aromatic nitrogens is 3. The van der Waals surface area contributed by atoms with Crippen LogP contribution in [-0.2, 0) is 16.6 Å². The van der Waals surface area contributed by atoms with Gasteiger partial charge in [-0.3, -0.25) is 14.3 Å². The second-order valence-corrected chi connectivity index (χ2v) is 9.45. The minimum Gasteiger partial charge on any atom is -0.362 e. The van der Waals surface area contributed by atoms with E-state index in [-0.39, 0.29) is 17.6 Å². The number of rotatable bonds is 4. The van der Waals surface area contributed by atoms with Gasteiger partial charge in [-0.05, 0) is 50.3 Å². The van der Waals surface area contributed by atoms with E-state index in [4.69, 9.17) is 0 Å². The number of pyridine rings is 1. The smallest absolute Gasteiger partial charge is 0.255 e. The first-order chi connectivity index (χ1) is 16.8. The van der Waals surface area contributed by atoms with Gasteiger partial charge in [-0.2, -0.15) is 5.10 Å². The summed E-state index contributed by atoms with van der Waals surface area (Å²) in [5.74, 6) is -0.127. The van der Waals surface area contributed by atoms with Crippen molar-refractivity contribution >= 4 is 17.5 Å². The number of ketones is 1. The van der Waals surface area contributed by atoms with Crippen molar-refractivity contribution in [2.24, 2.45) is 7.05 Å². The fourth-order valence-electron chi connectivity index (χ4n) is 5.24. The predicted octanol–water partition coefficient (Wildman–Crippen LogP) is 4.43. The van der Waals surface area contributed by atoms with Crippen molar-refractivity contribution in [2.45, 2.75) is 45.4 Å².